The van der Waals surface area contributed by atoms with Crippen molar-refractivity contribution in [3.8, 4) is 5.75 Å². The number of para-hydroxylation sites is 1. The summed E-state index contributed by atoms with van der Waals surface area (Å²) in [6.07, 6.45) is 0. The zero-order valence-electron chi connectivity index (χ0n) is 12.0. The Morgan fingerprint density at radius 2 is 1.90 bits per heavy atom. The van der Waals surface area contributed by atoms with Gasteiger partial charge in [-0.2, -0.15) is 0 Å². The Morgan fingerprint density at radius 1 is 1.19 bits per heavy atom. The molecule has 7 nitrogen and oxygen atoms in total. The van der Waals surface area contributed by atoms with Gasteiger partial charge in [0.25, 0.3) is 11.8 Å². The molecular weight excluding hydrogens is 276 g/mol. The molecule has 0 aliphatic heterocycles. The number of carbonyl (C=O) groups excluding carboxylic acids is 3. The van der Waals surface area contributed by atoms with Crippen LogP contribution in [0.4, 0.5) is 0 Å². The largest absolute Gasteiger partial charge is 0.493 e. The Morgan fingerprint density at radius 3 is 2.57 bits per heavy atom. The molecule has 0 unspecified atom stereocenters. The normalized spacial score (nSPS) is 9.62. The van der Waals surface area contributed by atoms with E-state index in [9.17, 15) is 14.4 Å². The third-order valence-corrected chi connectivity index (χ3v) is 2.47. The van der Waals surface area contributed by atoms with Gasteiger partial charge in [0.05, 0.1) is 12.2 Å². The van der Waals surface area contributed by atoms with Crippen LogP contribution in [0.25, 0.3) is 0 Å². The molecule has 0 atom stereocenters. The molecule has 0 aliphatic rings. The first-order chi connectivity index (χ1) is 10.1. The number of esters is 1. The fraction of sp³-hybridized carbons (Fsp3) is 0.357. The molecule has 7 heteroatoms. The Balaban J connectivity index is 2.50. The van der Waals surface area contributed by atoms with Gasteiger partial charge in [-0.25, -0.2) is 0 Å². The highest BCUT2D eigenvalue weighted by Crippen LogP contribution is 2.17. The predicted octanol–water partition coefficient (Wildman–Crippen LogP) is 0.104. The lowest BCUT2D eigenvalue weighted by Gasteiger charge is -2.10. The molecule has 0 aromatic heterocycles. The summed E-state index contributed by atoms with van der Waals surface area (Å²) in [6.45, 7) is 1.54. The van der Waals surface area contributed by atoms with Crippen LogP contribution in [0, 0.1) is 0 Å². The van der Waals surface area contributed by atoms with Gasteiger partial charge in [0, 0.05) is 7.05 Å². The Hall–Kier alpha value is -2.57. The molecule has 21 heavy (non-hydrogen) atoms. The number of likely N-dealkylation sites (N-methyl/N-ethyl adjacent to an activating group) is 1. The Kier molecular flexibility index (Phi) is 6.73. The zero-order chi connectivity index (χ0) is 15.7. The standard InChI is InChI=1S/C14H18N2O5/c1-3-20-11-7-5-4-6-10(11)14(19)16-8-13(18)21-9-12(17)15-2/h4-7H,3,8-9H2,1-2H3,(H,15,17)(H,16,19). The summed E-state index contributed by atoms with van der Waals surface area (Å²) in [5, 5.41) is 4.73. The van der Waals surface area contributed by atoms with E-state index in [1.54, 1.807) is 24.3 Å². The molecule has 1 rings (SSSR count). The summed E-state index contributed by atoms with van der Waals surface area (Å²) >= 11 is 0. The molecule has 1 aromatic rings. The van der Waals surface area contributed by atoms with Gasteiger partial charge >= 0.3 is 5.97 Å². The molecule has 2 amide bonds. The van der Waals surface area contributed by atoms with Gasteiger partial charge in [-0.15, -0.1) is 0 Å². The minimum absolute atomic E-state index is 0.323. The number of hydrogen-bond acceptors (Lipinski definition) is 5. The Bertz CT molecular complexity index is 516. The number of carbonyl (C=O) groups is 3. The second kappa shape index (κ2) is 8.57. The predicted molar refractivity (Wildman–Crippen MR) is 75.0 cm³/mol. The van der Waals surface area contributed by atoms with Crippen molar-refractivity contribution >= 4 is 17.8 Å². The number of hydrogen-bond donors (Lipinski definition) is 2. The highest BCUT2D eigenvalue weighted by molar-refractivity contribution is 5.98. The smallest absolute Gasteiger partial charge is 0.325 e. The maximum Gasteiger partial charge on any atom is 0.325 e. The fourth-order valence-electron chi connectivity index (χ4n) is 1.45. The summed E-state index contributed by atoms with van der Waals surface area (Å²) in [5.41, 5.74) is 0.332. The van der Waals surface area contributed by atoms with Crippen LogP contribution in [-0.4, -0.2) is 44.6 Å². The molecule has 0 spiro atoms. The molecule has 0 aliphatic carbocycles. The van der Waals surface area contributed by atoms with E-state index >= 15 is 0 Å². The van der Waals surface area contributed by atoms with Gasteiger partial charge in [0.15, 0.2) is 6.61 Å². The van der Waals surface area contributed by atoms with Crippen LogP contribution < -0.4 is 15.4 Å². The van der Waals surface area contributed by atoms with Gasteiger partial charge in [-0.05, 0) is 19.1 Å². The van der Waals surface area contributed by atoms with Gasteiger partial charge in [-0.3, -0.25) is 14.4 Å². The van der Waals surface area contributed by atoms with Crippen LogP contribution in [-0.2, 0) is 14.3 Å². The van der Waals surface area contributed by atoms with E-state index in [1.807, 2.05) is 6.92 Å². The van der Waals surface area contributed by atoms with E-state index in [1.165, 1.54) is 7.05 Å². The summed E-state index contributed by atoms with van der Waals surface area (Å²) < 4.78 is 9.99. The first-order valence-electron chi connectivity index (χ1n) is 6.44. The van der Waals surface area contributed by atoms with E-state index in [2.05, 4.69) is 15.4 Å². The van der Waals surface area contributed by atoms with Crippen LogP contribution in [0.3, 0.4) is 0 Å². The van der Waals surface area contributed by atoms with Crippen molar-refractivity contribution in [2.75, 3.05) is 26.8 Å². The van der Waals surface area contributed by atoms with Crippen molar-refractivity contribution in [3.63, 3.8) is 0 Å². The molecule has 0 fully saturated rings. The van der Waals surface area contributed by atoms with E-state index in [-0.39, 0.29) is 13.2 Å². The van der Waals surface area contributed by atoms with Crippen LogP contribution in [0.5, 0.6) is 5.75 Å². The van der Waals surface area contributed by atoms with E-state index in [0.717, 1.165) is 0 Å². The van der Waals surface area contributed by atoms with E-state index in [4.69, 9.17) is 4.74 Å². The molecule has 0 saturated heterocycles. The number of amides is 2. The minimum Gasteiger partial charge on any atom is -0.493 e. The minimum atomic E-state index is -0.694. The average molecular weight is 294 g/mol. The number of benzene rings is 1. The average Bonchev–Trinajstić information content (AvgIpc) is 2.51. The topological polar surface area (TPSA) is 93.7 Å². The van der Waals surface area contributed by atoms with Crippen molar-refractivity contribution in [3.05, 3.63) is 29.8 Å². The molecule has 114 valence electrons. The van der Waals surface area contributed by atoms with Crippen molar-refractivity contribution < 1.29 is 23.9 Å². The summed E-state index contributed by atoms with van der Waals surface area (Å²) in [7, 11) is 1.43. The zero-order valence-corrected chi connectivity index (χ0v) is 12.0. The lowest BCUT2D eigenvalue weighted by Crippen LogP contribution is -2.33. The quantitative estimate of drug-likeness (QED) is 0.696. The number of rotatable bonds is 7. The highest BCUT2D eigenvalue weighted by atomic mass is 16.5. The second-order valence-corrected chi connectivity index (χ2v) is 3.95. The molecule has 1 aromatic carbocycles. The van der Waals surface area contributed by atoms with Gasteiger partial charge in [0.1, 0.15) is 12.3 Å². The van der Waals surface area contributed by atoms with Crippen molar-refractivity contribution in [2.45, 2.75) is 6.92 Å². The first kappa shape index (κ1) is 16.5. The molecule has 0 saturated carbocycles. The maximum absolute atomic E-state index is 12.0. The third-order valence-electron chi connectivity index (χ3n) is 2.47. The number of nitrogens with one attached hydrogen (secondary N) is 2. The monoisotopic (exact) mass is 294 g/mol. The molecule has 0 radical (unpaired) electrons. The lowest BCUT2D eigenvalue weighted by atomic mass is 10.2. The number of ether oxygens (including phenoxy) is 2. The molecule has 0 heterocycles. The third kappa shape index (κ3) is 5.52. The summed E-state index contributed by atoms with van der Waals surface area (Å²) in [6, 6.07) is 6.71. The highest BCUT2D eigenvalue weighted by Gasteiger charge is 2.13. The Labute approximate surface area is 122 Å². The maximum atomic E-state index is 12.0. The van der Waals surface area contributed by atoms with E-state index < -0.39 is 17.8 Å². The van der Waals surface area contributed by atoms with Crippen LogP contribution >= 0.6 is 0 Å². The van der Waals surface area contributed by atoms with Crippen molar-refractivity contribution in [2.24, 2.45) is 0 Å². The van der Waals surface area contributed by atoms with E-state index in [0.29, 0.717) is 17.9 Å². The first-order valence-corrected chi connectivity index (χ1v) is 6.44. The van der Waals surface area contributed by atoms with Gasteiger partial charge < -0.3 is 20.1 Å². The van der Waals surface area contributed by atoms with Crippen molar-refractivity contribution in [1.82, 2.24) is 10.6 Å². The molecular formula is C14H18N2O5. The van der Waals surface area contributed by atoms with Gasteiger partial charge in [0.2, 0.25) is 0 Å². The molecule has 2 N–H and O–H groups in total. The fourth-order valence-corrected chi connectivity index (χ4v) is 1.45. The lowest BCUT2D eigenvalue weighted by molar-refractivity contribution is -0.147. The second-order valence-electron chi connectivity index (χ2n) is 3.95. The van der Waals surface area contributed by atoms with Crippen LogP contribution in [0.15, 0.2) is 24.3 Å². The van der Waals surface area contributed by atoms with Crippen LogP contribution in [0.1, 0.15) is 17.3 Å². The summed E-state index contributed by atoms with van der Waals surface area (Å²) in [5.74, 6) is -1.12. The van der Waals surface area contributed by atoms with Crippen molar-refractivity contribution in [1.29, 1.82) is 0 Å². The SMILES string of the molecule is CCOc1ccccc1C(=O)NCC(=O)OCC(=O)NC. The van der Waals surface area contributed by atoms with Crippen LogP contribution in [0.2, 0.25) is 0 Å². The molecule has 0 bridgehead atoms. The summed E-state index contributed by atoms with van der Waals surface area (Å²) in [4.78, 5) is 34.2. The van der Waals surface area contributed by atoms with Gasteiger partial charge in [-0.1, -0.05) is 12.1 Å².